The third kappa shape index (κ3) is 2.52. The molecule has 0 bridgehead atoms. The Morgan fingerprint density at radius 2 is 1.85 bits per heavy atom. The van der Waals surface area contributed by atoms with E-state index in [1.54, 1.807) is 6.07 Å². The van der Waals surface area contributed by atoms with Gasteiger partial charge in [0, 0.05) is 42.1 Å². The van der Waals surface area contributed by atoms with Crippen LogP contribution in [0.3, 0.4) is 0 Å². The Hall–Kier alpha value is -2.33. The molecule has 3 heterocycles. The molecule has 3 nitrogen and oxygen atoms in total. The summed E-state index contributed by atoms with van der Waals surface area (Å²) in [6, 6.07) is 14.6. The number of fused-ring (bicyclic) bond motifs is 1. The summed E-state index contributed by atoms with van der Waals surface area (Å²) in [5.41, 5.74) is 4.41. The number of halogens is 1. The third-order valence-corrected chi connectivity index (χ3v) is 6.04. The van der Waals surface area contributed by atoms with Crippen molar-refractivity contribution in [2.45, 2.75) is 25.8 Å². The summed E-state index contributed by atoms with van der Waals surface area (Å²) in [4.78, 5) is 5.10. The molecule has 2 aromatic carbocycles. The molecule has 0 N–H and O–H groups in total. The van der Waals surface area contributed by atoms with Gasteiger partial charge in [-0.25, -0.2) is 4.39 Å². The first-order valence-electron chi connectivity index (χ1n) is 9.56. The lowest BCUT2D eigenvalue weighted by atomic mass is 10.1. The van der Waals surface area contributed by atoms with Crippen LogP contribution < -0.4 is 4.90 Å². The number of nitrogens with zero attached hydrogens (tertiary/aromatic N) is 3. The number of likely N-dealkylation sites (tertiary alicyclic amines) is 1. The summed E-state index contributed by atoms with van der Waals surface area (Å²) in [5, 5.41) is 0.689. The van der Waals surface area contributed by atoms with Crippen LogP contribution in [-0.2, 0) is 0 Å². The van der Waals surface area contributed by atoms with E-state index in [4.69, 9.17) is 0 Å². The van der Waals surface area contributed by atoms with Crippen molar-refractivity contribution in [3.8, 4) is 5.69 Å². The van der Waals surface area contributed by atoms with Crippen LogP contribution in [0.15, 0.2) is 48.7 Å². The van der Waals surface area contributed by atoms with Gasteiger partial charge in [-0.05, 0) is 68.8 Å². The second kappa shape index (κ2) is 6.13. The van der Waals surface area contributed by atoms with E-state index < -0.39 is 0 Å². The third-order valence-electron chi connectivity index (χ3n) is 6.04. The van der Waals surface area contributed by atoms with Gasteiger partial charge < -0.3 is 9.47 Å². The number of aryl methyl sites for hydroxylation is 1. The van der Waals surface area contributed by atoms with Crippen molar-refractivity contribution in [1.29, 1.82) is 0 Å². The number of rotatable bonds is 3. The van der Waals surface area contributed by atoms with E-state index >= 15 is 0 Å². The molecule has 0 aliphatic carbocycles. The molecule has 2 saturated heterocycles. The molecule has 0 radical (unpaired) electrons. The fourth-order valence-electron chi connectivity index (χ4n) is 4.43. The van der Waals surface area contributed by atoms with Crippen molar-refractivity contribution >= 4 is 16.6 Å². The van der Waals surface area contributed by atoms with Crippen molar-refractivity contribution in [2.24, 2.45) is 0 Å². The molecule has 26 heavy (non-hydrogen) atoms. The Kier molecular flexibility index (Phi) is 3.75. The van der Waals surface area contributed by atoms with Gasteiger partial charge in [0.25, 0.3) is 0 Å². The fourth-order valence-corrected chi connectivity index (χ4v) is 4.43. The first-order chi connectivity index (χ1) is 12.7. The Bertz CT molecular complexity index is 957. The van der Waals surface area contributed by atoms with Gasteiger partial charge in [-0.1, -0.05) is 12.1 Å². The van der Waals surface area contributed by atoms with Crippen molar-refractivity contribution in [2.75, 3.05) is 31.1 Å². The van der Waals surface area contributed by atoms with Gasteiger partial charge in [0.1, 0.15) is 5.82 Å². The van der Waals surface area contributed by atoms with Gasteiger partial charge in [-0.15, -0.1) is 0 Å². The molecule has 1 unspecified atom stereocenters. The van der Waals surface area contributed by atoms with Crippen LogP contribution in [0.25, 0.3) is 16.6 Å². The second-order valence-corrected chi connectivity index (χ2v) is 7.61. The standard InChI is InChI=1S/C22H24FN3/c1-16-6-7-21(23)20-9-13-26(22(16)20)18-5-2-4-17(14-18)25-12-8-19(15-25)24-10-3-11-24/h2,4-7,9,13-14,19H,3,8,10-12,15H2,1H3. The molecule has 1 atom stereocenters. The smallest absolute Gasteiger partial charge is 0.132 e. The van der Waals surface area contributed by atoms with Crippen molar-refractivity contribution in [1.82, 2.24) is 9.47 Å². The molecule has 5 rings (SSSR count). The van der Waals surface area contributed by atoms with Gasteiger partial charge in [-0.2, -0.15) is 0 Å². The molecule has 2 aliphatic rings. The van der Waals surface area contributed by atoms with Crippen LogP contribution >= 0.6 is 0 Å². The van der Waals surface area contributed by atoms with Gasteiger partial charge in [-0.3, -0.25) is 4.90 Å². The van der Waals surface area contributed by atoms with Crippen LogP contribution in [0.5, 0.6) is 0 Å². The molecule has 0 spiro atoms. The monoisotopic (exact) mass is 349 g/mol. The number of anilines is 1. The van der Waals surface area contributed by atoms with Gasteiger partial charge >= 0.3 is 0 Å². The normalized spacial score (nSPS) is 20.7. The predicted molar refractivity (Wildman–Crippen MR) is 105 cm³/mol. The molecule has 2 aliphatic heterocycles. The predicted octanol–water partition coefficient (Wildman–Crippen LogP) is 4.36. The summed E-state index contributed by atoms with van der Waals surface area (Å²) in [6.07, 6.45) is 4.58. The minimum absolute atomic E-state index is 0.155. The quantitative estimate of drug-likeness (QED) is 0.696. The number of hydrogen-bond acceptors (Lipinski definition) is 2. The Labute approximate surface area is 153 Å². The van der Waals surface area contributed by atoms with Gasteiger partial charge in [0.2, 0.25) is 0 Å². The zero-order valence-electron chi connectivity index (χ0n) is 15.2. The highest BCUT2D eigenvalue weighted by Crippen LogP contribution is 2.30. The number of aromatic nitrogens is 1. The van der Waals surface area contributed by atoms with E-state index in [9.17, 15) is 4.39 Å². The highest BCUT2D eigenvalue weighted by molar-refractivity contribution is 5.85. The highest BCUT2D eigenvalue weighted by Gasteiger charge is 2.30. The minimum Gasteiger partial charge on any atom is -0.370 e. The summed E-state index contributed by atoms with van der Waals surface area (Å²) in [6.45, 7) is 6.80. The van der Waals surface area contributed by atoms with E-state index in [0.717, 1.165) is 29.9 Å². The number of hydrogen-bond donors (Lipinski definition) is 0. The van der Waals surface area contributed by atoms with Crippen LogP contribution in [0.4, 0.5) is 10.1 Å². The molecule has 1 aromatic heterocycles. The largest absolute Gasteiger partial charge is 0.370 e. The lowest BCUT2D eigenvalue weighted by molar-refractivity contribution is 0.129. The topological polar surface area (TPSA) is 11.4 Å². The Balaban J connectivity index is 1.48. The summed E-state index contributed by atoms with van der Waals surface area (Å²) in [5.74, 6) is -0.155. The molecule has 0 saturated carbocycles. The SMILES string of the molecule is Cc1ccc(F)c2ccn(-c3cccc(N4CCC(N5CCC5)C4)c3)c12. The van der Waals surface area contributed by atoms with Crippen LogP contribution in [-0.4, -0.2) is 41.7 Å². The highest BCUT2D eigenvalue weighted by atomic mass is 19.1. The van der Waals surface area contributed by atoms with E-state index in [0.29, 0.717) is 11.4 Å². The van der Waals surface area contributed by atoms with E-state index in [2.05, 4.69) is 38.6 Å². The molecule has 2 fully saturated rings. The Morgan fingerprint density at radius 3 is 2.65 bits per heavy atom. The van der Waals surface area contributed by atoms with Gasteiger partial charge in [0.05, 0.1) is 5.52 Å². The first-order valence-corrected chi connectivity index (χ1v) is 9.56. The van der Waals surface area contributed by atoms with E-state index in [1.165, 1.54) is 31.6 Å². The lowest BCUT2D eigenvalue weighted by Crippen LogP contribution is -2.46. The maximum Gasteiger partial charge on any atom is 0.132 e. The van der Waals surface area contributed by atoms with Crippen LogP contribution in [0, 0.1) is 12.7 Å². The molecule has 4 heteroatoms. The zero-order chi connectivity index (χ0) is 17.7. The van der Waals surface area contributed by atoms with Crippen LogP contribution in [0.1, 0.15) is 18.4 Å². The summed E-state index contributed by atoms with van der Waals surface area (Å²) < 4.78 is 16.3. The Morgan fingerprint density at radius 1 is 1.00 bits per heavy atom. The maximum atomic E-state index is 14.2. The fraction of sp³-hybridized carbons (Fsp3) is 0.364. The lowest BCUT2D eigenvalue weighted by Gasteiger charge is -2.36. The minimum atomic E-state index is -0.155. The van der Waals surface area contributed by atoms with E-state index in [-0.39, 0.29) is 5.82 Å². The van der Waals surface area contributed by atoms with Gasteiger partial charge in [0.15, 0.2) is 0 Å². The van der Waals surface area contributed by atoms with Crippen molar-refractivity contribution in [3.05, 3.63) is 60.0 Å². The summed E-state index contributed by atoms with van der Waals surface area (Å²) >= 11 is 0. The molecule has 134 valence electrons. The average molecular weight is 349 g/mol. The molecular formula is C22H24FN3. The van der Waals surface area contributed by atoms with E-state index in [1.807, 2.05) is 25.3 Å². The average Bonchev–Trinajstić information content (AvgIpc) is 3.25. The maximum absolute atomic E-state index is 14.2. The molecule has 0 amide bonds. The summed E-state index contributed by atoms with van der Waals surface area (Å²) in [7, 11) is 0. The zero-order valence-corrected chi connectivity index (χ0v) is 15.2. The second-order valence-electron chi connectivity index (χ2n) is 7.61. The molecule has 3 aromatic rings. The first kappa shape index (κ1) is 15.9. The number of benzene rings is 2. The molecular weight excluding hydrogens is 325 g/mol. The van der Waals surface area contributed by atoms with Crippen molar-refractivity contribution < 1.29 is 4.39 Å². The van der Waals surface area contributed by atoms with Crippen LogP contribution in [0.2, 0.25) is 0 Å². The van der Waals surface area contributed by atoms with Crippen molar-refractivity contribution in [3.63, 3.8) is 0 Å².